The first-order valence-corrected chi connectivity index (χ1v) is 4.51. The summed E-state index contributed by atoms with van der Waals surface area (Å²) in [6.45, 7) is 0.378. The van der Waals surface area contributed by atoms with Gasteiger partial charge in [-0.15, -0.1) is 0 Å². The second-order valence-corrected chi connectivity index (χ2v) is 3.01. The molecule has 1 aromatic rings. The van der Waals surface area contributed by atoms with E-state index in [0.29, 0.717) is 6.61 Å². The van der Waals surface area contributed by atoms with E-state index in [4.69, 9.17) is 9.84 Å². The van der Waals surface area contributed by atoms with Crippen molar-refractivity contribution in [3.05, 3.63) is 35.4 Å². The lowest BCUT2D eigenvalue weighted by molar-refractivity contribution is -0.136. The molecule has 0 saturated carbocycles. The summed E-state index contributed by atoms with van der Waals surface area (Å²) in [5, 5.41) is 8.62. The number of benzene rings is 1. The summed E-state index contributed by atoms with van der Waals surface area (Å²) in [4.78, 5) is 10.5. The molecule has 0 aliphatic rings. The summed E-state index contributed by atoms with van der Waals surface area (Å²) in [6, 6.07) is 7.19. The van der Waals surface area contributed by atoms with E-state index in [0.717, 1.165) is 11.1 Å². The maximum absolute atomic E-state index is 10.5. The molecule has 1 rings (SSSR count). The van der Waals surface area contributed by atoms with Crippen LogP contribution in [0.2, 0.25) is 0 Å². The van der Waals surface area contributed by atoms with Crippen LogP contribution in [0.1, 0.15) is 11.1 Å². The van der Waals surface area contributed by atoms with Gasteiger partial charge in [-0.2, -0.15) is 0 Å². The van der Waals surface area contributed by atoms with Gasteiger partial charge >= 0.3 is 5.97 Å². The molecule has 3 nitrogen and oxygen atoms in total. The topological polar surface area (TPSA) is 46.5 Å². The minimum absolute atomic E-state index is 0.0276. The lowest BCUT2D eigenvalue weighted by atomic mass is 10.1. The molecule has 0 heterocycles. The Kier molecular flexibility index (Phi) is 4.39. The standard InChI is InChI=1S/C12H12O3/c1-15-7-3-6-10-4-2-5-11(8-10)9-12(13)14/h2,4-5,8H,7,9H2,1H3,(H,13,14). The van der Waals surface area contributed by atoms with E-state index in [2.05, 4.69) is 11.8 Å². The normalized spacial score (nSPS) is 9.13. The smallest absolute Gasteiger partial charge is 0.307 e. The van der Waals surface area contributed by atoms with Gasteiger partial charge in [-0.05, 0) is 17.7 Å². The lowest BCUT2D eigenvalue weighted by Crippen LogP contribution is -1.99. The van der Waals surface area contributed by atoms with E-state index in [9.17, 15) is 4.79 Å². The molecule has 78 valence electrons. The van der Waals surface area contributed by atoms with E-state index in [1.807, 2.05) is 6.07 Å². The minimum Gasteiger partial charge on any atom is -0.481 e. The van der Waals surface area contributed by atoms with E-state index in [1.54, 1.807) is 25.3 Å². The zero-order valence-corrected chi connectivity index (χ0v) is 8.49. The zero-order valence-electron chi connectivity index (χ0n) is 8.49. The number of rotatable bonds is 3. The first-order chi connectivity index (χ1) is 7.22. The Hall–Kier alpha value is -1.79. The highest BCUT2D eigenvalue weighted by Gasteiger charge is 1.99. The molecule has 0 spiro atoms. The molecule has 1 N–H and O–H groups in total. The van der Waals surface area contributed by atoms with E-state index in [1.165, 1.54) is 0 Å². The molecule has 0 aliphatic heterocycles. The molecule has 0 aromatic heterocycles. The summed E-state index contributed by atoms with van der Waals surface area (Å²) < 4.78 is 4.79. The van der Waals surface area contributed by atoms with E-state index in [-0.39, 0.29) is 6.42 Å². The number of hydrogen-bond donors (Lipinski definition) is 1. The number of methoxy groups -OCH3 is 1. The van der Waals surface area contributed by atoms with Gasteiger partial charge in [0, 0.05) is 12.7 Å². The van der Waals surface area contributed by atoms with Gasteiger partial charge in [0.2, 0.25) is 0 Å². The third-order valence-corrected chi connectivity index (χ3v) is 1.73. The van der Waals surface area contributed by atoms with Gasteiger partial charge in [0.15, 0.2) is 0 Å². The molecular weight excluding hydrogens is 192 g/mol. The Morgan fingerprint density at radius 1 is 1.53 bits per heavy atom. The van der Waals surface area contributed by atoms with Crippen molar-refractivity contribution >= 4 is 5.97 Å². The highest BCUT2D eigenvalue weighted by Crippen LogP contribution is 2.04. The number of aliphatic carboxylic acids is 1. The van der Waals surface area contributed by atoms with Gasteiger partial charge in [-0.25, -0.2) is 0 Å². The molecule has 0 aliphatic carbocycles. The van der Waals surface area contributed by atoms with Crippen LogP contribution in [0.15, 0.2) is 24.3 Å². The molecule has 0 unspecified atom stereocenters. The van der Waals surface area contributed by atoms with Crippen molar-refractivity contribution in [2.24, 2.45) is 0 Å². The van der Waals surface area contributed by atoms with E-state index < -0.39 is 5.97 Å². The number of carboxylic acid groups (broad SMARTS) is 1. The van der Waals surface area contributed by atoms with Crippen molar-refractivity contribution in [2.75, 3.05) is 13.7 Å². The molecule has 0 saturated heterocycles. The second-order valence-electron chi connectivity index (χ2n) is 3.01. The van der Waals surface area contributed by atoms with Crippen LogP contribution in [-0.4, -0.2) is 24.8 Å². The van der Waals surface area contributed by atoms with Gasteiger partial charge in [0.25, 0.3) is 0 Å². The first kappa shape index (κ1) is 11.3. The van der Waals surface area contributed by atoms with Crippen molar-refractivity contribution < 1.29 is 14.6 Å². The molecule has 0 atom stereocenters. The van der Waals surface area contributed by atoms with Crippen molar-refractivity contribution in [1.29, 1.82) is 0 Å². The number of carbonyl (C=O) groups is 1. The van der Waals surface area contributed by atoms with Crippen LogP contribution in [0, 0.1) is 11.8 Å². The summed E-state index contributed by atoms with van der Waals surface area (Å²) in [6.07, 6.45) is 0.0276. The highest BCUT2D eigenvalue weighted by atomic mass is 16.5. The van der Waals surface area contributed by atoms with Crippen LogP contribution in [0.3, 0.4) is 0 Å². The Balaban J connectivity index is 2.75. The Bertz CT molecular complexity index is 399. The molecule has 15 heavy (non-hydrogen) atoms. The van der Waals surface area contributed by atoms with Crippen LogP contribution in [-0.2, 0) is 16.0 Å². The summed E-state index contributed by atoms with van der Waals surface area (Å²) in [5.41, 5.74) is 1.57. The second kappa shape index (κ2) is 5.84. The SMILES string of the molecule is COCC#Cc1cccc(CC(=O)O)c1. The molecule has 0 amide bonds. The molecule has 0 fully saturated rings. The molecule has 0 radical (unpaired) electrons. The molecule has 1 aromatic carbocycles. The maximum Gasteiger partial charge on any atom is 0.307 e. The lowest BCUT2D eigenvalue weighted by Gasteiger charge is -1.97. The fourth-order valence-corrected chi connectivity index (χ4v) is 1.14. The van der Waals surface area contributed by atoms with Crippen molar-refractivity contribution in [2.45, 2.75) is 6.42 Å². The van der Waals surface area contributed by atoms with Gasteiger partial charge in [0.1, 0.15) is 6.61 Å². The van der Waals surface area contributed by atoms with Gasteiger partial charge < -0.3 is 9.84 Å². The number of ether oxygens (including phenoxy) is 1. The summed E-state index contributed by atoms with van der Waals surface area (Å²) in [5.74, 6) is 4.87. The Labute approximate surface area is 88.7 Å². The molecule has 3 heteroatoms. The van der Waals surface area contributed by atoms with Gasteiger partial charge in [0.05, 0.1) is 6.42 Å². The highest BCUT2D eigenvalue weighted by molar-refractivity contribution is 5.70. The molecular formula is C12H12O3. The third-order valence-electron chi connectivity index (χ3n) is 1.73. The predicted octanol–water partition coefficient (Wildman–Crippen LogP) is 1.31. The van der Waals surface area contributed by atoms with Crippen LogP contribution in [0.5, 0.6) is 0 Å². The quantitative estimate of drug-likeness (QED) is 0.755. The maximum atomic E-state index is 10.5. The van der Waals surface area contributed by atoms with E-state index >= 15 is 0 Å². The van der Waals surface area contributed by atoms with Gasteiger partial charge in [-0.3, -0.25) is 4.79 Å². The Morgan fingerprint density at radius 2 is 2.33 bits per heavy atom. The monoisotopic (exact) mass is 204 g/mol. The number of carboxylic acids is 1. The largest absolute Gasteiger partial charge is 0.481 e. The van der Waals surface area contributed by atoms with Crippen molar-refractivity contribution in [3.63, 3.8) is 0 Å². The van der Waals surface area contributed by atoms with Crippen LogP contribution < -0.4 is 0 Å². The summed E-state index contributed by atoms with van der Waals surface area (Å²) in [7, 11) is 1.58. The number of hydrogen-bond acceptors (Lipinski definition) is 2. The third kappa shape index (κ3) is 4.30. The summed E-state index contributed by atoms with van der Waals surface area (Å²) >= 11 is 0. The van der Waals surface area contributed by atoms with Crippen LogP contribution in [0.25, 0.3) is 0 Å². The minimum atomic E-state index is -0.836. The van der Waals surface area contributed by atoms with Gasteiger partial charge in [-0.1, -0.05) is 24.0 Å². The first-order valence-electron chi connectivity index (χ1n) is 4.51. The average molecular weight is 204 g/mol. The van der Waals surface area contributed by atoms with Crippen molar-refractivity contribution in [1.82, 2.24) is 0 Å². The molecule has 0 bridgehead atoms. The van der Waals surface area contributed by atoms with Crippen LogP contribution >= 0.6 is 0 Å². The average Bonchev–Trinajstić information content (AvgIpc) is 2.18. The predicted molar refractivity (Wildman–Crippen MR) is 56.5 cm³/mol. The van der Waals surface area contributed by atoms with Crippen molar-refractivity contribution in [3.8, 4) is 11.8 Å². The zero-order chi connectivity index (χ0) is 11.1. The Morgan fingerprint density at radius 3 is 3.00 bits per heavy atom. The fraction of sp³-hybridized carbons (Fsp3) is 0.250. The van der Waals surface area contributed by atoms with Crippen LogP contribution in [0.4, 0.5) is 0 Å². The fourth-order valence-electron chi connectivity index (χ4n) is 1.14.